The van der Waals surface area contributed by atoms with Crippen molar-refractivity contribution in [3.63, 3.8) is 0 Å². The molecule has 2 aromatic carbocycles. The summed E-state index contributed by atoms with van der Waals surface area (Å²) < 4.78 is 0. The van der Waals surface area contributed by atoms with Crippen molar-refractivity contribution in [1.82, 2.24) is 9.80 Å². The number of fused-ring (bicyclic) bond motifs is 1. The molecule has 0 aromatic heterocycles. The van der Waals surface area contributed by atoms with E-state index >= 15 is 0 Å². The highest BCUT2D eigenvalue weighted by Gasteiger charge is 2.42. The molecule has 0 aliphatic carbocycles. The van der Waals surface area contributed by atoms with Gasteiger partial charge in [-0.05, 0) is 48.9 Å². The summed E-state index contributed by atoms with van der Waals surface area (Å²) in [6.07, 6.45) is 3.28. The fraction of sp³-hybridized carbons (Fsp3) is 0.348. The van der Waals surface area contributed by atoms with Gasteiger partial charge in [-0.25, -0.2) is 0 Å². The van der Waals surface area contributed by atoms with Crippen LogP contribution in [0.1, 0.15) is 32.7 Å². The maximum Gasteiger partial charge on any atom is 0.256 e. The van der Waals surface area contributed by atoms with E-state index in [1.165, 1.54) is 17.7 Å². The molecule has 0 bridgehead atoms. The van der Waals surface area contributed by atoms with Crippen molar-refractivity contribution in [1.29, 1.82) is 0 Å². The summed E-state index contributed by atoms with van der Waals surface area (Å²) in [6, 6.07) is 13.2. The molecule has 2 aliphatic rings. The number of likely N-dealkylation sites (tertiary alicyclic amines) is 2. The third-order valence-electron chi connectivity index (χ3n) is 6.01. The standard InChI is InChI=1S/C23H24Cl2N3O2/c24-19-9-16(22(26)29)10-20(25)21(19)23(30)28-13-17-11-27(12-18(17)14-28)8-4-7-15-5-2-1-3-6-15/h1-3,5-7,9-10,17-18H,4,8,11-14H2,(H2,26,29)/t17-,18?/m0/s1. The summed E-state index contributed by atoms with van der Waals surface area (Å²) in [4.78, 5) is 28.7. The topological polar surface area (TPSA) is 66.6 Å². The van der Waals surface area contributed by atoms with E-state index in [4.69, 9.17) is 28.9 Å². The summed E-state index contributed by atoms with van der Waals surface area (Å²) >= 11 is 12.5. The number of rotatable bonds is 6. The van der Waals surface area contributed by atoms with Crippen LogP contribution in [0.2, 0.25) is 10.0 Å². The molecule has 2 saturated heterocycles. The minimum Gasteiger partial charge on any atom is -0.366 e. The highest BCUT2D eigenvalue weighted by molar-refractivity contribution is 6.40. The zero-order valence-electron chi connectivity index (χ0n) is 16.6. The summed E-state index contributed by atoms with van der Waals surface area (Å²) in [5.41, 5.74) is 6.98. The first kappa shape index (κ1) is 21.2. The van der Waals surface area contributed by atoms with Gasteiger partial charge in [0.05, 0.1) is 15.6 Å². The summed E-state index contributed by atoms with van der Waals surface area (Å²) in [6.45, 7) is 4.43. The zero-order chi connectivity index (χ0) is 21.3. The third-order valence-corrected chi connectivity index (χ3v) is 6.61. The predicted octanol–water partition coefficient (Wildman–Crippen LogP) is 3.74. The first-order chi connectivity index (χ1) is 14.4. The molecular formula is C23H24Cl2N3O2. The van der Waals surface area contributed by atoms with Crippen LogP contribution < -0.4 is 5.73 Å². The van der Waals surface area contributed by atoms with Gasteiger partial charge in [-0.3, -0.25) is 9.59 Å². The number of nitrogens with two attached hydrogens (primary N) is 1. The molecule has 0 saturated carbocycles. The molecule has 2 N–H and O–H groups in total. The SMILES string of the molecule is NC(=O)c1cc(Cl)c(C(=O)N2CC3CN(CC[CH]c4ccccc4)C[C@H]3C2)c(Cl)c1. The van der Waals surface area contributed by atoms with Crippen molar-refractivity contribution in [2.24, 2.45) is 17.6 Å². The maximum absolute atomic E-state index is 13.0. The number of carbonyl (C=O) groups is 2. The van der Waals surface area contributed by atoms with Crippen LogP contribution in [0.25, 0.3) is 0 Å². The predicted molar refractivity (Wildman–Crippen MR) is 119 cm³/mol. The van der Waals surface area contributed by atoms with Crippen LogP contribution in [0.5, 0.6) is 0 Å². The van der Waals surface area contributed by atoms with Crippen LogP contribution >= 0.6 is 23.2 Å². The Kier molecular flexibility index (Phi) is 6.32. The second kappa shape index (κ2) is 8.96. The molecule has 157 valence electrons. The molecule has 7 heteroatoms. The lowest BCUT2D eigenvalue weighted by Crippen LogP contribution is -2.34. The van der Waals surface area contributed by atoms with Crippen LogP contribution in [0, 0.1) is 18.3 Å². The molecule has 1 unspecified atom stereocenters. The molecule has 1 radical (unpaired) electrons. The normalized spacial score (nSPS) is 21.1. The van der Waals surface area contributed by atoms with Crippen LogP contribution in [0.15, 0.2) is 42.5 Å². The maximum atomic E-state index is 13.0. The van der Waals surface area contributed by atoms with Gasteiger partial charge in [-0.15, -0.1) is 0 Å². The molecule has 2 amide bonds. The van der Waals surface area contributed by atoms with E-state index in [9.17, 15) is 9.59 Å². The molecule has 2 aromatic rings. The van der Waals surface area contributed by atoms with E-state index in [0.717, 1.165) is 26.1 Å². The van der Waals surface area contributed by atoms with Gasteiger partial charge in [-0.2, -0.15) is 0 Å². The van der Waals surface area contributed by atoms with Crippen molar-refractivity contribution in [3.8, 4) is 0 Å². The van der Waals surface area contributed by atoms with Crippen molar-refractivity contribution < 1.29 is 9.59 Å². The van der Waals surface area contributed by atoms with E-state index in [-0.39, 0.29) is 27.1 Å². The fourth-order valence-corrected chi connectivity index (χ4v) is 5.17. The Balaban J connectivity index is 1.32. The van der Waals surface area contributed by atoms with Crippen molar-refractivity contribution in [2.75, 3.05) is 32.7 Å². The number of hydrogen-bond acceptors (Lipinski definition) is 3. The lowest BCUT2D eigenvalue weighted by molar-refractivity contribution is 0.0774. The van der Waals surface area contributed by atoms with Gasteiger partial charge in [0, 0.05) is 31.7 Å². The minimum atomic E-state index is -0.627. The van der Waals surface area contributed by atoms with Crippen molar-refractivity contribution in [2.45, 2.75) is 6.42 Å². The van der Waals surface area contributed by atoms with Gasteiger partial charge >= 0.3 is 0 Å². The smallest absolute Gasteiger partial charge is 0.256 e. The van der Waals surface area contributed by atoms with Crippen molar-refractivity contribution in [3.05, 3.63) is 75.6 Å². The van der Waals surface area contributed by atoms with Gasteiger partial charge in [0.1, 0.15) is 0 Å². The summed E-state index contributed by atoms with van der Waals surface area (Å²) in [5.74, 6) is 0.124. The second-order valence-corrected chi connectivity index (χ2v) is 8.89. The van der Waals surface area contributed by atoms with Gasteiger partial charge in [0.15, 0.2) is 0 Å². The monoisotopic (exact) mass is 444 g/mol. The molecule has 2 atom stereocenters. The Morgan fingerprint density at radius 3 is 2.17 bits per heavy atom. The molecule has 2 heterocycles. The average Bonchev–Trinajstić information content (AvgIpc) is 3.27. The Labute approximate surface area is 186 Å². The minimum absolute atomic E-state index is 0.163. The first-order valence-corrected chi connectivity index (χ1v) is 10.9. The van der Waals surface area contributed by atoms with Crippen LogP contribution in [0.3, 0.4) is 0 Å². The number of benzene rings is 2. The third kappa shape index (κ3) is 4.48. The largest absolute Gasteiger partial charge is 0.366 e. The Morgan fingerprint density at radius 1 is 1.00 bits per heavy atom. The van der Waals surface area contributed by atoms with E-state index in [0.29, 0.717) is 24.9 Å². The summed E-state index contributed by atoms with van der Waals surface area (Å²) in [7, 11) is 0. The highest BCUT2D eigenvalue weighted by Crippen LogP contribution is 2.34. The van der Waals surface area contributed by atoms with Gasteiger partial charge in [0.2, 0.25) is 5.91 Å². The number of primary amides is 1. The second-order valence-electron chi connectivity index (χ2n) is 8.07. The molecule has 30 heavy (non-hydrogen) atoms. The number of carbonyl (C=O) groups excluding carboxylic acids is 2. The molecule has 2 aliphatic heterocycles. The van der Waals surface area contributed by atoms with E-state index < -0.39 is 5.91 Å². The fourth-order valence-electron chi connectivity index (χ4n) is 4.52. The van der Waals surface area contributed by atoms with Gasteiger partial charge in [-0.1, -0.05) is 53.5 Å². The Morgan fingerprint density at radius 2 is 1.60 bits per heavy atom. The van der Waals surface area contributed by atoms with Crippen molar-refractivity contribution >= 4 is 35.0 Å². The quantitative estimate of drug-likeness (QED) is 0.737. The molecular weight excluding hydrogens is 421 g/mol. The lowest BCUT2D eigenvalue weighted by Gasteiger charge is -2.22. The van der Waals surface area contributed by atoms with Crippen LogP contribution in [-0.2, 0) is 0 Å². The molecule has 4 rings (SSSR count). The number of amides is 2. The van der Waals surface area contributed by atoms with Gasteiger partial charge < -0.3 is 15.5 Å². The van der Waals surface area contributed by atoms with E-state index in [1.807, 2.05) is 11.0 Å². The Bertz CT molecular complexity index is 914. The Hall–Kier alpha value is -2.08. The van der Waals surface area contributed by atoms with Gasteiger partial charge in [0.25, 0.3) is 5.91 Å². The number of nitrogens with zero attached hydrogens (tertiary/aromatic N) is 2. The average molecular weight is 445 g/mol. The van der Waals surface area contributed by atoms with Crippen LogP contribution in [0.4, 0.5) is 0 Å². The number of hydrogen-bond donors (Lipinski definition) is 1. The molecule has 5 nitrogen and oxygen atoms in total. The molecule has 2 fully saturated rings. The number of halogens is 2. The zero-order valence-corrected chi connectivity index (χ0v) is 18.1. The van der Waals surface area contributed by atoms with E-state index in [2.05, 4.69) is 35.6 Å². The molecule has 0 spiro atoms. The summed E-state index contributed by atoms with van der Waals surface area (Å²) in [5, 5.41) is 0.327. The lowest BCUT2D eigenvalue weighted by atomic mass is 10.0. The van der Waals surface area contributed by atoms with E-state index in [1.54, 1.807) is 0 Å². The first-order valence-electron chi connectivity index (χ1n) is 10.1. The van der Waals surface area contributed by atoms with Crippen LogP contribution in [-0.4, -0.2) is 54.3 Å². The highest BCUT2D eigenvalue weighted by atomic mass is 35.5.